The van der Waals surface area contributed by atoms with E-state index in [1.54, 1.807) is 12.3 Å². The zero-order valence-corrected chi connectivity index (χ0v) is 8.50. The third-order valence-electron chi connectivity index (χ3n) is 2.48. The van der Waals surface area contributed by atoms with Crippen LogP contribution in [-0.4, -0.2) is 5.11 Å². The van der Waals surface area contributed by atoms with Crippen LogP contribution in [0.5, 0.6) is 5.75 Å². The summed E-state index contributed by atoms with van der Waals surface area (Å²) in [6, 6.07) is 3.68. The van der Waals surface area contributed by atoms with Gasteiger partial charge in [-0.1, -0.05) is 19.4 Å². The van der Waals surface area contributed by atoms with Crippen LogP contribution in [0, 0.1) is 6.92 Å². The quantitative estimate of drug-likeness (QED) is 0.787. The van der Waals surface area contributed by atoms with Crippen molar-refractivity contribution in [2.24, 2.45) is 0 Å². The molecule has 2 rings (SSSR count). The number of aromatic hydroxyl groups is 1. The monoisotopic (exact) mass is 190 g/mol. The van der Waals surface area contributed by atoms with Crippen molar-refractivity contribution in [1.82, 2.24) is 0 Å². The standard InChI is InChI=1S/C12H14O2/c1-3-4-9-5-6-10(13)11-8(2)7-14-12(9)11/h5-7,13H,3-4H2,1-2H3. The second-order valence-corrected chi connectivity index (χ2v) is 3.62. The Morgan fingerprint density at radius 2 is 2.14 bits per heavy atom. The molecule has 1 aromatic heterocycles. The number of furan rings is 1. The molecule has 74 valence electrons. The van der Waals surface area contributed by atoms with Crippen LogP contribution in [-0.2, 0) is 6.42 Å². The average molecular weight is 190 g/mol. The van der Waals surface area contributed by atoms with Crippen LogP contribution in [0.4, 0.5) is 0 Å². The second-order valence-electron chi connectivity index (χ2n) is 3.62. The summed E-state index contributed by atoms with van der Waals surface area (Å²) >= 11 is 0. The van der Waals surface area contributed by atoms with Crippen molar-refractivity contribution in [1.29, 1.82) is 0 Å². The van der Waals surface area contributed by atoms with E-state index in [0.29, 0.717) is 5.75 Å². The number of rotatable bonds is 2. The van der Waals surface area contributed by atoms with E-state index in [9.17, 15) is 5.11 Å². The zero-order valence-electron chi connectivity index (χ0n) is 8.50. The minimum Gasteiger partial charge on any atom is -0.507 e. The molecule has 1 aromatic carbocycles. The number of hydrogen-bond donors (Lipinski definition) is 1. The maximum absolute atomic E-state index is 9.67. The van der Waals surface area contributed by atoms with Gasteiger partial charge < -0.3 is 9.52 Å². The van der Waals surface area contributed by atoms with Gasteiger partial charge in [-0.25, -0.2) is 0 Å². The van der Waals surface area contributed by atoms with Crippen LogP contribution >= 0.6 is 0 Å². The second kappa shape index (κ2) is 3.37. The third-order valence-corrected chi connectivity index (χ3v) is 2.48. The Labute approximate surface area is 83.2 Å². The lowest BCUT2D eigenvalue weighted by molar-refractivity contribution is 0.481. The number of aryl methyl sites for hydroxylation is 2. The highest BCUT2D eigenvalue weighted by atomic mass is 16.3. The fourth-order valence-corrected chi connectivity index (χ4v) is 1.80. The summed E-state index contributed by atoms with van der Waals surface area (Å²) in [5.74, 6) is 0.311. The highest BCUT2D eigenvalue weighted by Crippen LogP contribution is 2.32. The maximum Gasteiger partial charge on any atom is 0.141 e. The van der Waals surface area contributed by atoms with Gasteiger partial charge in [-0.05, 0) is 30.5 Å². The molecule has 0 amide bonds. The summed E-state index contributed by atoms with van der Waals surface area (Å²) in [4.78, 5) is 0. The van der Waals surface area contributed by atoms with E-state index in [4.69, 9.17) is 4.42 Å². The molecule has 0 radical (unpaired) electrons. The Hall–Kier alpha value is -1.44. The first-order valence-corrected chi connectivity index (χ1v) is 4.92. The van der Waals surface area contributed by atoms with Crippen LogP contribution in [0.2, 0.25) is 0 Å². The number of phenols is 1. The summed E-state index contributed by atoms with van der Waals surface area (Å²) in [5.41, 5.74) is 3.01. The number of benzene rings is 1. The van der Waals surface area contributed by atoms with Crippen molar-refractivity contribution in [3.05, 3.63) is 29.5 Å². The number of fused-ring (bicyclic) bond motifs is 1. The molecule has 0 fully saturated rings. The molecule has 0 bridgehead atoms. The third kappa shape index (κ3) is 1.27. The minimum absolute atomic E-state index is 0.311. The summed E-state index contributed by atoms with van der Waals surface area (Å²) in [7, 11) is 0. The predicted molar refractivity (Wildman–Crippen MR) is 56.6 cm³/mol. The first-order valence-electron chi connectivity index (χ1n) is 4.92. The van der Waals surface area contributed by atoms with Crippen LogP contribution < -0.4 is 0 Å². The fourth-order valence-electron chi connectivity index (χ4n) is 1.80. The van der Waals surface area contributed by atoms with E-state index in [-0.39, 0.29) is 0 Å². The van der Waals surface area contributed by atoms with Crippen molar-refractivity contribution in [2.75, 3.05) is 0 Å². The van der Waals surface area contributed by atoms with Crippen molar-refractivity contribution < 1.29 is 9.52 Å². The molecule has 0 aliphatic carbocycles. The van der Waals surface area contributed by atoms with Gasteiger partial charge in [-0.2, -0.15) is 0 Å². The van der Waals surface area contributed by atoms with Crippen LogP contribution in [0.25, 0.3) is 11.0 Å². The van der Waals surface area contributed by atoms with Crippen molar-refractivity contribution >= 4 is 11.0 Å². The van der Waals surface area contributed by atoms with Gasteiger partial charge in [0.2, 0.25) is 0 Å². The summed E-state index contributed by atoms with van der Waals surface area (Å²) in [6.45, 7) is 4.08. The Kier molecular flexibility index (Phi) is 2.20. The van der Waals surface area contributed by atoms with Gasteiger partial charge in [-0.3, -0.25) is 0 Å². The molecule has 0 unspecified atom stereocenters. The lowest BCUT2D eigenvalue weighted by Gasteiger charge is -2.01. The molecule has 1 heterocycles. The zero-order chi connectivity index (χ0) is 10.1. The van der Waals surface area contributed by atoms with Gasteiger partial charge in [0.05, 0.1) is 11.6 Å². The number of hydrogen-bond acceptors (Lipinski definition) is 2. The summed E-state index contributed by atoms with van der Waals surface area (Å²) in [6.07, 6.45) is 3.77. The maximum atomic E-state index is 9.67. The molecule has 0 aliphatic heterocycles. The molecule has 0 saturated heterocycles. The van der Waals surface area contributed by atoms with E-state index in [1.165, 1.54) is 5.56 Å². The van der Waals surface area contributed by atoms with E-state index in [0.717, 1.165) is 29.4 Å². The van der Waals surface area contributed by atoms with Gasteiger partial charge >= 0.3 is 0 Å². The first-order chi connectivity index (χ1) is 6.74. The minimum atomic E-state index is 0.311. The van der Waals surface area contributed by atoms with Gasteiger partial charge in [0.25, 0.3) is 0 Å². The predicted octanol–water partition coefficient (Wildman–Crippen LogP) is 3.40. The Bertz CT molecular complexity index is 455. The molecule has 14 heavy (non-hydrogen) atoms. The molecule has 2 nitrogen and oxygen atoms in total. The molecule has 0 atom stereocenters. The summed E-state index contributed by atoms with van der Waals surface area (Å²) in [5, 5.41) is 10.5. The molecule has 2 heteroatoms. The Morgan fingerprint density at radius 3 is 2.86 bits per heavy atom. The van der Waals surface area contributed by atoms with Gasteiger partial charge in [0, 0.05) is 0 Å². The molecule has 0 aliphatic rings. The van der Waals surface area contributed by atoms with Crippen molar-refractivity contribution in [3.8, 4) is 5.75 Å². The lowest BCUT2D eigenvalue weighted by Crippen LogP contribution is -1.84. The van der Waals surface area contributed by atoms with Crippen LogP contribution in [0.3, 0.4) is 0 Å². The molecule has 0 spiro atoms. The highest BCUT2D eigenvalue weighted by Gasteiger charge is 2.10. The lowest BCUT2D eigenvalue weighted by atomic mass is 10.1. The normalized spacial score (nSPS) is 11.0. The largest absolute Gasteiger partial charge is 0.507 e. The topological polar surface area (TPSA) is 33.4 Å². The molecule has 0 saturated carbocycles. The van der Waals surface area contributed by atoms with Gasteiger partial charge in [-0.15, -0.1) is 0 Å². The van der Waals surface area contributed by atoms with Crippen molar-refractivity contribution in [3.63, 3.8) is 0 Å². The number of phenolic OH excluding ortho intramolecular Hbond substituents is 1. The molecule has 2 aromatic rings. The highest BCUT2D eigenvalue weighted by molar-refractivity contribution is 5.89. The van der Waals surface area contributed by atoms with E-state index in [1.807, 2.05) is 13.0 Å². The van der Waals surface area contributed by atoms with E-state index < -0.39 is 0 Å². The smallest absolute Gasteiger partial charge is 0.141 e. The van der Waals surface area contributed by atoms with Gasteiger partial charge in [0.1, 0.15) is 11.3 Å². The summed E-state index contributed by atoms with van der Waals surface area (Å²) < 4.78 is 5.45. The van der Waals surface area contributed by atoms with Crippen LogP contribution in [0.1, 0.15) is 24.5 Å². The Balaban J connectivity index is 2.70. The van der Waals surface area contributed by atoms with E-state index >= 15 is 0 Å². The van der Waals surface area contributed by atoms with Crippen molar-refractivity contribution in [2.45, 2.75) is 26.7 Å². The fraction of sp³-hybridized carbons (Fsp3) is 0.333. The first kappa shape index (κ1) is 9.13. The molecular weight excluding hydrogens is 176 g/mol. The average Bonchev–Trinajstić information content (AvgIpc) is 2.54. The molecule has 1 N–H and O–H groups in total. The SMILES string of the molecule is CCCc1ccc(O)c2c(C)coc12. The van der Waals surface area contributed by atoms with Gasteiger partial charge in [0.15, 0.2) is 0 Å². The Morgan fingerprint density at radius 1 is 1.36 bits per heavy atom. The molecular formula is C12H14O2. The van der Waals surface area contributed by atoms with E-state index in [2.05, 4.69) is 6.92 Å². The van der Waals surface area contributed by atoms with Crippen LogP contribution in [0.15, 0.2) is 22.8 Å².